The van der Waals surface area contributed by atoms with E-state index < -0.39 is 0 Å². The number of H-pyrrole nitrogens is 4. The van der Waals surface area contributed by atoms with Crippen LogP contribution >= 0.6 is 0 Å². The molecule has 0 spiro atoms. The maximum atomic E-state index is 12.8. The van der Waals surface area contributed by atoms with Crippen molar-refractivity contribution >= 4 is 65.4 Å². The highest BCUT2D eigenvalue weighted by molar-refractivity contribution is 6.02. The van der Waals surface area contributed by atoms with Crippen molar-refractivity contribution in [1.29, 1.82) is 0 Å². The second-order valence-corrected chi connectivity index (χ2v) is 12.2. The summed E-state index contributed by atoms with van der Waals surface area (Å²) in [5.41, 5.74) is 7.79. The quantitative estimate of drug-likeness (QED) is 0.142. The molecule has 0 radical (unpaired) electrons. The number of hydrogen-bond acceptors (Lipinski definition) is 4. The van der Waals surface area contributed by atoms with Crippen LogP contribution in [-0.4, -0.2) is 19.9 Å². The van der Waals surface area contributed by atoms with Crippen LogP contribution in [0.15, 0.2) is 128 Å². The minimum absolute atomic E-state index is 0.0322. The Bertz CT molecular complexity index is 2850. The van der Waals surface area contributed by atoms with Gasteiger partial charge in [0.15, 0.2) is 21.7 Å². The number of aromatic amines is 4. The van der Waals surface area contributed by atoms with Crippen LogP contribution in [0.2, 0.25) is 0 Å². The summed E-state index contributed by atoms with van der Waals surface area (Å²) in [6.07, 6.45) is 0.926. The molecule has 4 N–H and O–H groups in total. The molecule has 0 amide bonds. The SMILES string of the molecule is O=c1c2c([nH]c3ccccc13)Cc1c([nH]c3ccccc3c1=O)C2.O=c1c2ccccc2[nH]c2cc3c(=O)c4ccccc4[nH]c3cc12. The number of fused-ring (bicyclic) bond motifs is 8. The maximum Gasteiger partial charge on any atom is 0.197 e. The van der Waals surface area contributed by atoms with Gasteiger partial charge in [0.05, 0.1) is 11.0 Å². The van der Waals surface area contributed by atoms with Crippen molar-refractivity contribution in [1.82, 2.24) is 19.9 Å². The molecule has 4 aromatic heterocycles. The van der Waals surface area contributed by atoms with Crippen LogP contribution in [0.3, 0.4) is 0 Å². The number of hydrogen-bond donors (Lipinski definition) is 4. The first kappa shape index (κ1) is 27.7. The number of para-hydroxylation sites is 4. The summed E-state index contributed by atoms with van der Waals surface area (Å²) < 4.78 is 0. The molecular formula is C40H26N4O4. The first-order valence-electron chi connectivity index (χ1n) is 15.7. The van der Waals surface area contributed by atoms with Crippen LogP contribution in [0.1, 0.15) is 22.5 Å². The summed E-state index contributed by atoms with van der Waals surface area (Å²) >= 11 is 0. The van der Waals surface area contributed by atoms with E-state index in [1.54, 1.807) is 24.3 Å². The van der Waals surface area contributed by atoms with Crippen molar-refractivity contribution in [3.63, 3.8) is 0 Å². The van der Waals surface area contributed by atoms with Crippen LogP contribution in [0.25, 0.3) is 65.4 Å². The molecule has 0 saturated heterocycles. The van der Waals surface area contributed by atoms with E-state index in [9.17, 15) is 19.2 Å². The Hall–Kier alpha value is -6.54. The van der Waals surface area contributed by atoms with Gasteiger partial charge in [-0.05, 0) is 60.7 Å². The van der Waals surface area contributed by atoms with Crippen molar-refractivity contribution in [2.45, 2.75) is 12.8 Å². The zero-order valence-electron chi connectivity index (χ0n) is 25.4. The Morgan fingerprint density at radius 2 is 0.646 bits per heavy atom. The number of nitrogens with one attached hydrogen (secondary N) is 4. The molecule has 10 rings (SSSR count). The lowest BCUT2D eigenvalue weighted by Gasteiger charge is -2.20. The highest BCUT2D eigenvalue weighted by atomic mass is 16.1. The van der Waals surface area contributed by atoms with Gasteiger partial charge >= 0.3 is 0 Å². The molecule has 1 aliphatic rings. The molecule has 0 aliphatic heterocycles. The topological polar surface area (TPSA) is 131 Å². The molecule has 0 saturated carbocycles. The fourth-order valence-corrected chi connectivity index (χ4v) is 7.03. The first-order chi connectivity index (χ1) is 23.4. The highest BCUT2D eigenvalue weighted by Gasteiger charge is 2.23. The third-order valence-electron chi connectivity index (χ3n) is 9.43. The number of benzene rings is 5. The molecule has 0 fully saturated rings. The summed E-state index contributed by atoms with van der Waals surface area (Å²) in [4.78, 5) is 64.4. The van der Waals surface area contributed by atoms with Gasteiger partial charge in [-0.15, -0.1) is 0 Å². The molecule has 0 unspecified atom stereocenters. The largest absolute Gasteiger partial charge is 0.358 e. The van der Waals surface area contributed by atoms with Crippen LogP contribution in [0, 0.1) is 0 Å². The average Bonchev–Trinajstić information content (AvgIpc) is 3.12. The van der Waals surface area contributed by atoms with Crippen molar-refractivity contribution in [3.8, 4) is 0 Å². The molecule has 5 aromatic carbocycles. The van der Waals surface area contributed by atoms with Crippen molar-refractivity contribution in [2.75, 3.05) is 0 Å². The van der Waals surface area contributed by atoms with Crippen molar-refractivity contribution in [2.24, 2.45) is 0 Å². The molecule has 8 heteroatoms. The lowest BCUT2D eigenvalue weighted by Crippen LogP contribution is -2.25. The number of rotatable bonds is 0. The molecule has 48 heavy (non-hydrogen) atoms. The first-order valence-corrected chi connectivity index (χ1v) is 15.7. The Kier molecular flexibility index (Phi) is 6.07. The van der Waals surface area contributed by atoms with E-state index in [1.165, 1.54) is 0 Å². The average molecular weight is 627 g/mol. The Morgan fingerprint density at radius 3 is 1.02 bits per heavy atom. The third kappa shape index (κ3) is 4.23. The second kappa shape index (κ2) is 10.5. The van der Waals surface area contributed by atoms with E-state index in [2.05, 4.69) is 19.9 Å². The Balaban J connectivity index is 0.000000131. The predicted molar refractivity (Wildman–Crippen MR) is 192 cm³/mol. The van der Waals surface area contributed by atoms with E-state index in [0.717, 1.165) is 44.6 Å². The smallest absolute Gasteiger partial charge is 0.197 e. The van der Waals surface area contributed by atoms with Gasteiger partial charge in [-0.3, -0.25) is 19.2 Å². The minimum Gasteiger partial charge on any atom is -0.358 e. The van der Waals surface area contributed by atoms with E-state index >= 15 is 0 Å². The number of aromatic nitrogens is 4. The van der Waals surface area contributed by atoms with Crippen LogP contribution in [-0.2, 0) is 12.8 Å². The van der Waals surface area contributed by atoms with Gasteiger partial charge in [0.1, 0.15) is 0 Å². The fourth-order valence-electron chi connectivity index (χ4n) is 7.03. The van der Waals surface area contributed by atoms with Gasteiger partial charge in [0, 0.05) is 89.7 Å². The Labute approximate surface area is 270 Å². The second-order valence-electron chi connectivity index (χ2n) is 12.2. The summed E-state index contributed by atoms with van der Waals surface area (Å²) in [7, 11) is 0. The molecular weight excluding hydrogens is 600 g/mol. The van der Waals surface area contributed by atoms with E-state index in [-0.39, 0.29) is 21.7 Å². The van der Waals surface area contributed by atoms with Crippen molar-refractivity contribution in [3.05, 3.63) is 173 Å². The van der Waals surface area contributed by atoms with E-state index in [4.69, 9.17) is 0 Å². The van der Waals surface area contributed by atoms with Gasteiger partial charge < -0.3 is 19.9 Å². The molecule has 1 aliphatic carbocycles. The van der Waals surface area contributed by atoms with Gasteiger partial charge in [-0.2, -0.15) is 0 Å². The van der Waals surface area contributed by atoms with E-state index in [0.29, 0.717) is 56.2 Å². The lowest BCUT2D eigenvalue weighted by molar-refractivity contribution is 0.905. The molecule has 0 bridgehead atoms. The highest BCUT2D eigenvalue weighted by Crippen LogP contribution is 2.25. The summed E-state index contributed by atoms with van der Waals surface area (Å²) in [6.45, 7) is 0. The van der Waals surface area contributed by atoms with Crippen LogP contribution < -0.4 is 21.7 Å². The number of pyridine rings is 4. The summed E-state index contributed by atoms with van der Waals surface area (Å²) in [5.74, 6) is 0. The van der Waals surface area contributed by atoms with Gasteiger partial charge in [-0.25, -0.2) is 0 Å². The minimum atomic E-state index is -0.0322. The monoisotopic (exact) mass is 626 g/mol. The molecule has 0 atom stereocenters. The standard InChI is InChI=1S/C20H14N2O2.C20H12N2O2/c2*23-19-11-5-1-3-7-15(11)21-17-10-14-18(9-13(17)19)22-16-8-4-2-6-12(16)20(14)24/h1-8H,9-10H2,(H,21,23)(H,22,24);1-10H,(H,21,23)(H,22,24). The predicted octanol–water partition coefficient (Wildman–Crippen LogP) is 6.54. The lowest BCUT2D eigenvalue weighted by atomic mass is 9.90. The maximum absolute atomic E-state index is 12.8. The molecule has 9 aromatic rings. The third-order valence-corrected chi connectivity index (χ3v) is 9.43. The van der Waals surface area contributed by atoms with E-state index in [1.807, 2.05) is 84.9 Å². The molecule has 4 heterocycles. The fraction of sp³-hybridized carbons (Fsp3) is 0.0500. The van der Waals surface area contributed by atoms with Crippen molar-refractivity contribution < 1.29 is 0 Å². The summed E-state index contributed by atoms with van der Waals surface area (Å²) in [5, 5.41) is 3.84. The molecule has 8 nitrogen and oxygen atoms in total. The van der Waals surface area contributed by atoms with Crippen LogP contribution in [0.5, 0.6) is 0 Å². The Morgan fingerprint density at radius 1 is 0.333 bits per heavy atom. The van der Waals surface area contributed by atoms with Crippen LogP contribution in [0.4, 0.5) is 0 Å². The summed E-state index contributed by atoms with van der Waals surface area (Å²) in [6, 6.07) is 33.4. The van der Waals surface area contributed by atoms with Gasteiger partial charge in [0.2, 0.25) is 0 Å². The molecule has 230 valence electrons. The zero-order chi connectivity index (χ0) is 32.5. The van der Waals surface area contributed by atoms with Gasteiger partial charge in [0.25, 0.3) is 0 Å². The van der Waals surface area contributed by atoms with Gasteiger partial charge in [-0.1, -0.05) is 48.5 Å². The zero-order valence-corrected chi connectivity index (χ0v) is 25.4. The normalized spacial score (nSPS) is 12.3.